The molecule has 0 saturated heterocycles. The number of carbonyl (C=O) groups is 2. The quantitative estimate of drug-likeness (QED) is 0.560. The Balaban J connectivity index is 1.92. The highest BCUT2D eigenvalue weighted by molar-refractivity contribution is 6.34. The molecule has 0 bridgehead atoms. The highest BCUT2D eigenvalue weighted by atomic mass is 35.5. The number of esters is 1. The molecule has 0 radical (unpaired) electrons. The second kappa shape index (κ2) is 8.58. The maximum atomic E-state index is 12.3. The van der Waals surface area contributed by atoms with Gasteiger partial charge in [-0.3, -0.25) is 9.59 Å². The number of aromatic amines is 1. The fourth-order valence-corrected chi connectivity index (χ4v) is 3.55. The van der Waals surface area contributed by atoms with Crippen molar-refractivity contribution in [2.75, 3.05) is 31.4 Å². The summed E-state index contributed by atoms with van der Waals surface area (Å²) in [4.78, 5) is 28.8. The van der Waals surface area contributed by atoms with Crippen LogP contribution in [0.5, 0.6) is 0 Å². The van der Waals surface area contributed by atoms with Gasteiger partial charge in [-0.1, -0.05) is 32.4 Å². The zero-order valence-corrected chi connectivity index (χ0v) is 19.3. The van der Waals surface area contributed by atoms with Crippen molar-refractivity contribution in [1.29, 1.82) is 0 Å². The van der Waals surface area contributed by atoms with Gasteiger partial charge in [-0.2, -0.15) is 5.10 Å². The molecular formula is C21H27ClN6O3. The molecule has 0 fully saturated rings. The van der Waals surface area contributed by atoms with Crippen LogP contribution in [0.15, 0.2) is 18.2 Å². The number of fused-ring (bicyclic) bond motifs is 1. The smallest absolute Gasteiger partial charge is 0.306 e. The van der Waals surface area contributed by atoms with Gasteiger partial charge in [0.25, 0.3) is 0 Å². The molecule has 0 aliphatic carbocycles. The van der Waals surface area contributed by atoms with Crippen molar-refractivity contribution in [3.8, 4) is 11.4 Å². The first-order chi connectivity index (χ1) is 14.5. The number of H-pyrrole nitrogens is 1. The number of ether oxygens (including phenoxy) is 1. The molecule has 3 rings (SSSR count). The number of aromatic nitrogens is 4. The first kappa shape index (κ1) is 22.6. The number of amides is 1. The number of hydrogen-bond donors (Lipinski definition) is 2. The molecular weight excluding hydrogens is 420 g/mol. The van der Waals surface area contributed by atoms with E-state index in [0.717, 1.165) is 16.9 Å². The molecule has 1 aromatic carbocycles. The van der Waals surface area contributed by atoms with Crippen LogP contribution in [0.25, 0.3) is 17.0 Å². The minimum absolute atomic E-state index is 0.0172. The van der Waals surface area contributed by atoms with Crippen molar-refractivity contribution in [2.45, 2.75) is 39.0 Å². The summed E-state index contributed by atoms with van der Waals surface area (Å²) in [5, 5.41) is 12.4. The van der Waals surface area contributed by atoms with E-state index in [-0.39, 0.29) is 24.2 Å². The van der Waals surface area contributed by atoms with E-state index in [9.17, 15) is 9.59 Å². The second-order valence-electron chi connectivity index (χ2n) is 8.47. The summed E-state index contributed by atoms with van der Waals surface area (Å²) >= 11 is 6.53. The van der Waals surface area contributed by atoms with Crippen LogP contribution in [0.2, 0.25) is 5.02 Å². The molecule has 3 aromatic rings. The Labute approximate surface area is 185 Å². The van der Waals surface area contributed by atoms with Crippen LogP contribution in [0.4, 0.5) is 11.4 Å². The number of nitrogens with one attached hydrogen (secondary N) is 2. The zero-order chi connectivity index (χ0) is 22.9. The van der Waals surface area contributed by atoms with E-state index in [0.29, 0.717) is 22.2 Å². The molecule has 9 nitrogen and oxygen atoms in total. The van der Waals surface area contributed by atoms with Crippen molar-refractivity contribution in [3.63, 3.8) is 0 Å². The molecule has 0 aliphatic rings. The van der Waals surface area contributed by atoms with E-state index in [4.69, 9.17) is 11.6 Å². The normalized spacial score (nSPS) is 11.6. The molecule has 31 heavy (non-hydrogen) atoms. The number of carbonyl (C=O) groups excluding carboxylic acids is 2. The third-order valence-corrected chi connectivity index (χ3v) is 5.12. The van der Waals surface area contributed by atoms with E-state index in [2.05, 4.69) is 25.2 Å². The van der Waals surface area contributed by atoms with Crippen LogP contribution in [-0.2, 0) is 19.7 Å². The average molecular weight is 447 g/mol. The predicted octanol–water partition coefficient (Wildman–Crippen LogP) is 3.63. The van der Waals surface area contributed by atoms with Gasteiger partial charge in [0.05, 0.1) is 30.6 Å². The highest BCUT2D eigenvalue weighted by Crippen LogP contribution is 2.33. The lowest BCUT2D eigenvalue weighted by Crippen LogP contribution is -2.17. The molecule has 2 N–H and O–H groups in total. The molecule has 0 unspecified atom stereocenters. The van der Waals surface area contributed by atoms with Crippen molar-refractivity contribution in [3.05, 3.63) is 28.9 Å². The summed E-state index contributed by atoms with van der Waals surface area (Å²) in [5.41, 5.74) is 3.35. The van der Waals surface area contributed by atoms with Crippen molar-refractivity contribution in [2.24, 2.45) is 0 Å². The minimum atomic E-state index is -0.429. The summed E-state index contributed by atoms with van der Waals surface area (Å²) in [7, 11) is 5.06. The lowest BCUT2D eigenvalue weighted by Gasteiger charge is -2.18. The Kier molecular flexibility index (Phi) is 6.26. The van der Waals surface area contributed by atoms with Crippen LogP contribution in [-0.4, -0.2) is 52.9 Å². The molecule has 2 heterocycles. The van der Waals surface area contributed by atoms with E-state index >= 15 is 0 Å². The predicted molar refractivity (Wildman–Crippen MR) is 121 cm³/mol. The van der Waals surface area contributed by atoms with Crippen LogP contribution in [0.3, 0.4) is 0 Å². The van der Waals surface area contributed by atoms with Gasteiger partial charge in [0.1, 0.15) is 5.02 Å². The van der Waals surface area contributed by atoms with E-state index in [1.54, 1.807) is 0 Å². The van der Waals surface area contributed by atoms with Gasteiger partial charge < -0.3 is 19.9 Å². The molecule has 0 saturated carbocycles. The van der Waals surface area contributed by atoms with Gasteiger partial charge in [-0.05, 0) is 18.2 Å². The van der Waals surface area contributed by atoms with Crippen LogP contribution >= 0.6 is 11.6 Å². The summed E-state index contributed by atoms with van der Waals surface area (Å²) in [6.45, 7) is 6.12. The Morgan fingerprint density at radius 1 is 1.23 bits per heavy atom. The number of anilines is 2. The molecule has 2 aromatic heterocycles. The van der Waals surface area contributed by atoms with Crippen LogP contribution in [0, 0.1) is 0 Å². The fourth-order valence-electron chi connectivity index (χ4n) is 3.11. The standard InChI is InChI=1S/C21H27ClN6O3/c1-21(2,3)18-17(22)20-24-19(26-28(20)25-18)12-7-8-14(27(4)5)13(11-12)23-15(29)9-10-16(30)31-6/h7-8,11H,9-10H2,1-6H3,(H,23,29)(H,24,26). The Morgan fingerprint density at radius 3 is 2.52 bits per heavy atom. The van der Waals surface area contributed by atoms with Crippen LogP contribution < -0.4 is 10.2 Å². The number of rotatable bonds is 6. The largest absolute Gasteiger partial charge is 0.469 e. The SMILES string of the molecule is COC(=O)CCC(=O)Nc1cc(-c2nn3nc(C(C)(C)C)c(Cl)c3[nH]2)ccc1N(C)C. The molecule has 0 spiro atoms. The summed E-state index contributed by atoms with van der Waals surface area (Å²) in [6, 6.07) is 5.61. The zero-order valence-electron chi connectivity index (χ0n) is 18.5. The summed E-state index contributed by atoms with van der Waals surface area (Å²) < 4.78 is 6.08. The van der Waals surface area contributed by atoms with Crippen LogP contribution in [0.1, 0.15) is 39.3 Å². The van der Waals surface area contributed by atoms with Crippen molar-refractivity contribution < 1.29 is 14.3 Å². The number of methoxy groups -OCH3 is 1. The monoisotopic (exact) mass is 446 g/mol. The second-order valence-corrected chi connectivity index (χ2v) is 8.85. The minimum Gasteiger partial charge on any atom is -0.469 e. The molecule has 1 amide bonds. The maximum Gasteiger partial charge on any atom is 0.306 e. The molecule has 0 aliphatic heterocycles. The topological polar surface area (TPSA) is 105 Å². The molecule has 166 valence electrons. The number of benzene rings is 1. The van der Waals surface area contributed by atoms with Gasteiger partial charge >= 0.3 is 5.97 Å². The van der Waals surface area contributed by atoms with E-state index in [1.807, 2.05) is 58.0 Å². The third kappa shape index (κ3) is 4.82. The fraction of sp³-hybridized carbons (Fsp3) is 0.429. The molecule has 0 atom stereocenters. The summed E-state index contributed by atoms with van der Waals surface area (Å²) in [6.07, 6.45) is 0.0485. The Hall–Kier alpha value is -3.07. The number of nitrogens with zero attached hydrogens (tertiary/aromatic N) is 4. The van der Waals surface area contributed by atoms with Gasteiger partial charge in [0.15, 0.2) is 11.5 Å². The molecule has 10 heteroatoms. The first-order valence-corrected chi connectivity index (χ1v) is 10.2. The average Bonchev–Trinajstić information content (AvgIpc) is 3.25. The lowest BCUT2D eigenvalue weighted by molar-refractivity contribution is -0.141. The van der Waals surface area contributed by atoms with E-state index in [1.165, 1.54) is 11.7 Å². The van der Waals surface area contributed by atoms with Gasteiger partial charge in [-0.25, -0.2) is 0 Å². The number of halogens is 1. The van der Waals surface area contributed by atoms with Crippen molar-refractivity contribution in [1.82, 2.24) is 19.8 Å². The van der Waals surface area contributed by atoms with Gasteiger partial charge in [-0.15, -0.1) is 9.73 Å². The lowest BCUT2D eigenvalue weighted by atomic mass is 9.92. The van der Waals surface area contributed by atoms with E-state index < -0.39 is 5.97 Å². The third-order valence-electron chi connectivity index (χ3n) is 4.76. The van der Waals surface area contributed by atoms with Gasteiger partial charge in [0.2, 0.25) is 5.91 Å². The van der Waals surface area contributed by atoms with Gasteiger partial charge in [0, 0.05) is 31.5 Å². The number of hydrogen-bond acceptors (Lipinski definition) is 6. The highest BCUT2D eigenvalue weighted by Gasteiger charge is 2.25. The Bertz CT molecular complexity index is 1130. The maximum absolute atomic E-state index is 12.3. The Morgan fingerprint density at radius 2 is 1.94 bits per heavy atom. The first-order valence-electron chi connectivity index (χ1n) is 9.84. The van der Waals surface area contributed by atoms with Crippen molar-refractivity contribution >= 4 is 40.5 Å². The summed E-state index contributed by atoms with van der Waals surface area (Å²) in [5.74, 6) is -0.139.